The number of para-hydroxylation sites is 1. The van der Waals surface area contributed by atoms with Crippen molar-refractivity contribution in [2.75, 3.05) is 0 Å². The molecule has 0 fully saturated rings. The first-order valence-electron chi connectivity index (χ1n) is 16.5. The molecule has 1 nitrogen and oxygen atoms in total. The molecular weight excluding hydrogens is 460 g/mol. The largest absolute Gasteiger partial charge is 0.456 e. The van der Waals surface area contributed by atoms with Crippen LogP contribution in [0.5, 0.6) is 0 Å². The van der Waals surface area contributed by atoms with Gasteiger partial charge in [0, 0.05) is 10.8 Å². The minimum absolute atomic E-state index is 0.185. The second-order valence-corrected chi connectivity index (χ2v) is 9.52. The lowest BCUT2D eigenvalue weighted by atomic mass is 9.86. The smallest absolute Gasteiger partial charge is 0.136 e. The van der Waals surface area contributed by atoms with Gasteiger partial charge in [-0.25, -0.2) is 0 Å². The van der Waals surface area contributed by atoms with Crippen LogP contribution in [0.1, 0.15) is 22.1 Å². The molecule has 0 radical (unpaired) electrons. The highest BCUT2D eigenvalue weighted by Gasteiger charge is 2.17. The minimum atomic E-state index is -0.416. The van der Waals surface area contributed by atoms with Crippen molar-refractivity contribution in [2.45, 2.75) is 6.42 Å². The van der Waals surface area contributed by atoms with Gasteiger partial charge in [-0.3, -0.25) is 0 Å². The van der Waals surface area contributed by atoms with E-state index in [1.54, 1.807) is 6.07 Å². The highest BCUT2D eigenvalue weighted by atomic mass is 16.3. The molecule has 0 aliphatic heterocycles. The molecule has 0 unspecified atom stereocenters. The zero-order valence-corrected chi connectivity index (χ0v) is 20.2. The average Bonchev–Trinajstić information content (AvgIpc) is 3.45. The van der Waals surface area contributed by atoms with Gasteiger partial charge in [0.05, 0.1) is 11.0 Å². The lowest BCUT2D eigenvalue weighted by Crippen LogP contribution is -1.95. The molecule has 0 aliphatic rings. The molecule has 7 aromatic carbocycles. The lowest BCUT2D eigenvalue weighted by Gasteiger charge is -2.17. The van der Waals surface area contributed by atoms with Crippen molar-refractivity contribution >= 4 is 54.3 Å². The molecule has 38 heavy (non-hydrogen) atoms. The van der Waals surface area contributed by atoms with Crippen LogP contribution in [0, 0.1) is 0 Å². The van der Waals surface area contributed by atoms with Crippen LogP contribution in [-0.4, -0.2) is 0 Å². The summed E-state index contributed by atoms with van der Waals surface area (Å²) in [5.74, 6) is 0. The molecule has 0 spiro atoms. The maximum Gasteiger partial charge on any atom is 0.136 e. The maximum atomic E-state index is 9.14. The molecule has 178 valence electrons. The van der Waals surface area contributed by atoms with Gasteiger partial charge in [0.15, 0.2) is 0 Å². The zero-order chi connectivity index (χ0) is 32.0. The topological polar surface area (TPSA) is 13.1 Å². The van der Waals surface area contributed by atoms with Gasteiger partial charge in [-0.1, -0.05) is 115 Å². The molecule has 1 heterocycles. The number of hydrogen-bond acceptors (Lipinski definition) is 1. The molecule has 0 atom stereocenters. The minimum Gasteiger partial charge on any atom is -0.456 e. The Morgan fingerprint density at radius 3 is 1.97 bits per heavy atom. The Hall–Kier alpha value is -4.88. The van der Waals surface area contributed by atoms with Crippen LogP contribution >= 0.6 is 0 Å². The van der Waals surface area contributed by atoms with E-state index in [0.717, 1.165) is 27.1 Å². The van der Waals surface area contributed by atoms with Crippen molar-refractivity contribution in [2.24, 2.45) is 0 Å². The maximum absolute atomic E-state index is 9.14. The van der Waals surface area contributed by atoms with Crippen molar-refractivity contribution in [3.63, 3.8) is 0 Å². The Kier molecular flexibility index (Phi) is 3.23. The van der Waals surface area contributed by atoms with Crippen LogP contribution in [0.25, 0.3) is 65.4 Å². The zero-order valence-electron chi connectivity index (χ0n) is 28.2. The summed E-state index contributed by atoms with van der Waals surface area (Å²) in [7, 11) is 0. The fourth-order valence-corrected chi connectivity index (χ4v) is 5.60. The Balaban J connectivity index is 1.56. The average molecular weight is 493 g/mol. The van der Waals surface area contributed by atoms with Crippen LogP contribution in [0.4, 0.5) is 0 Å². The van der Waals surface area contributed by atoms with Gasteiger partial charge in [-0.05, 0) is 79.2 Å². The van der Waals surface area contributed by atoms with E-state index in [1.807, 2.05) is 78.9 Å². The first kappa shape index (κ1) is 14.8. The third-order valence-corrected chi connectivity index (χ3v) is 7.34. The highest BCUT2D eigenvalue weighted by Crippen LogP contribution is 2.42. The molecule has 1 heteroatoms. The third kappa shape index (κ3) is 3.26. The molecule has 8 aromatic rings. The summed E-state index contributed by atoms with van der Waals surface area (Å²) < 4.78 is 77.2. The molecule has 0 bridgehead atoms. The third-order valence-electron chi connectivity index (χ3n) is 7.34. The molecule has 0 saturated heterocycles. The van der Waals surface area contributed by atoms with Crippen LogP contribution < -0.4 is 0 Å². The molecule has 8 rings (SSSR count). The van der Waals surface area contributed by atoms with E-state index in [9.17, 15) is 0 Å². The Morgan fingerprint density at radius 2 is 1.18 bits per heavy atom. The summed E-state index contributed by atoms with van der Waals surface area (Å²) in [5, 5.41) is 4.70. The van der Waals surface area contributed by atoms with E-state index in [2.05, 4.69) is 0 Å². The standard InChI is InChI=1S/C37H24O/c1-2-10-26-21-24(17-18-25(26)9-1)22-34-28-11-3-5-14-32(28)37(33-15-6-4-12-29(33)34)27-19-20-31-30-13-7-8-16-35(30)38-36(31)23-27/h1-21,23H,22H2/i3D,4D,5D,6D,11D,12D,14D,15D. The summed E-state index contributed by atoms with van der Waals surface area (Å²) in [4.78, 5) is 0. The van der Waals surface area contributed by atoms with E-state index in [0.29, 0.717) is 27.9 Å². The van der Waals surface area contributed by atoms with Gasteiger partial charge in [-0.2, -0.15) is 0 Å². The predicted octanol–water partition coefficient (Wildman–Crippen LogP) is 10.3. The normalized spacial score (nSPS) is 14.7. The number of rotatable bonds is 3. The van der Waals surface area contributed by atoms with Crippen molar-refractivity contribution < 1.29 is 15.4 Å². The Morgan fingerprint density at radius 1 is 0.526 bits per heavy atom. The highest BCUT2D eigenvalue weighted by molar-refractivity contribution is 6.16. The van der Waals surface area contributed by atoms with Gasteiger partial charge in [-0.15, -0.1) is 0 Å². The van der Waals surface area contributed by atoms with E-state index in [-0.39, 0.29) is 52.1 Å². The van der Waals surface area contributed by atoms with Crippen molar-refractivity contribution in [3.8, 4) is 11.1 Å². The Bertz CT molecular complexity index is 2520. The number of benzene rings is 7. The number of hydrogen-bond donors (Lipinski definition) is 0. The summed E-state index contributed by atoms with van der Waals surface area (Å²) in [6.07, 6.45) is 0.185. The SMILES string of the molecule is [2H]c1c([2H])c([2H])c2c(-c3ccc4c(c3)oc3ccccc34)c3c([2H])c([2H])c([2H])c([2H])c3c(Cc3ccc4ccccc4c3)c2c1[2H]. The molecule has 0 aliphatic carbocycles. The quantitative estimate of drug-likeness (QED) is 0.224. The summed E-state index contributed by atoms with van der Waals surface area (Å²) in [5.41, 5.74) is 3.36. The van der Waals surface area contributed by atoms with Gasteiger partial charge < -0.3 is 4.42 Å². The Labute approximate surface area is 231 Å². The summed E-state index contributed by atoms with van der Waals surface area (Å²) >= 11 is 0. The fourth-order valence-electron chi connectivity index (χ4n) is 5.60. The van der Waals surface area contributed by atoms with E-state index in [1.165, 1.54) is 0 Å². The first-order valence-corrected chi connectivity index (χ1v) is 12.5. The van der Waals surface area contributed by atoms with E-state index < -0.39 is 24.2 Å². The number of fused-ring (bicyclic) bond motifs is 6. The van der Waals surface area contributed by atoms with E-state index in [4.69, 9.17) is 15.4 Å². The molecule has 0 amide bonds. The van der Waals surface area contributed by atoms with Gasteiger partial charge in [0.1, 0.15) is 11.2 Å². The van der Waals surface area contributed by atoms with Crippen LogP contribution in [0.2, 0.25) is 0 Å². The lowest BCUT2D eigenvalue weighted by molar-refractivity contribution is 0.669. The first-order chi connectivity index (χ1) is 22.2. The molecule has 1 aromatic heterocycles. The van der Waals surface area contributed by atoms with Gasteiger partial charge >= 0.3 is 0 Å². The van der Waals surface area contributed by atoms with Crippen molar-refractivity contribution in [1.29, 1.82) is 0 Å². The van der Waals surface area contributed by atoms with Gasteiger partial charge in [0.2, 0.25) is 0 Å². The number of furan rings is 1. The van der Waals surface area contributed by atoms with Crippen molar-refractivity contribution in [1.82, 2.24) is 0 Å². The van der Waals surface area contributed by atoms with Gasteiger partial charge in [0.25, 0.3) is 0 Å². The second-order valence-electron chi connectivity index (χ2n) is 9.52. The molecule has 0 N–H and O–H groups in total. The summed E-state index contributed by atoms with van der Waals surface area (Å²) in [6, 6.07) is 24.2. The fraction of sp³-hybridized carbons (Fsp3) is 0.0270. The van der Waals surface area contributed by atoms with E-state index >= 15 is 0 Å². The summed E-state index contributed by atoms with van der Waals surface area (Å²) in [6.45, 7) is 0. The predicted molar refractivity (Wildman–Crippen MR) is 161 cm³/mol. The molecular formula is C37H24O. The molecule has 0 saturated carbocycles. The second kappa shape index (κ2) is 8.33. The van der Waals surface area contributed by atoms with Crippen LogP contribution in [0.3, 0.4) is 0 Å². The van der Waals surface area contributed by atoms with Crippen LogP contribution in [0.15, 0.2) is 138 Å². The monoisotopic (exact) mass is 492 g/mol. The van der Waals surface area contributed by atoms with Crippen LogP contribution in [-0.2, 0) is 6.42 Å². The van der Waals surface area contributed by atoms with Crippen molar-refractivity contribution in [3.05, 3.63) is 144 Å².